The Balaban J connectivity index is 2.96. The lowest BCUT2D eigenvalue weighted by Gasteiger charge is -2.41. The van der Waals surface area contributed by atoms with Gasteiger partial charge in [0.25, 0.3) is 0 Å². The van der Waals surface area contributed by atoms with E-state index in [1.165, 1.54) is 0 Å². The lowest BCUT2D eigenvalue weighted by Crippen LogP contribution is -2.44. The van der Waals surface area contributed by atoms with Crippen LogP contribution >= 0.6 is 0 Å². The predicted molar refractivity (Wildman–Crippen MR) is 52.5 cm³/mol. The summed E-state index contributed by atoms with van der Waals surface area (Å²) >= 11 is 0. The molecule has 0 aromatic rings. The maximum Gasteiger partial charge on any atom is 0.307 e. The molecule has 0 aromatic heterocycles. The van der Waals surface area contributed by atoms with E-state index >= 15 is 0 Å². The largest absolute Gasteiger partial charge is 0.481 e. The average molecular weight is 199 g/mol. The smallest absolute Gasteiger partial charge is 0.307 e. The highest BCUT2D eigenvalue weighted by Crippen LogP contribution is 2.43. The first-order valence-electron chi connectivity index (χ1n) is 4.85. The highest BCUT2D eigenvalue weighted by Gasteiger charge is 2.44. The van der Waals surface area contributed by atoms with E-state index in [-0.39, 0.29) is 17.3 Å². The zero-order valence-corrected chi connectivity index (χ0v) is 8.82. The number of carboxylic acid groups (broad SMARTS) is 1. The van der Waals surface area contributed by atoms with Crippen molar-refractivity contribution in [3.8, 4) is 0 Å². The molecule has 0 saturated heterocycles. The minimum atomic E-state index is -0.751. The Labute approximate surface area is 83.6 Å². The second-order valence-corrected chi connectivity index (χ2v) is 4.56. The molecule has 14 heavy (non-hydrogen) atoms. The third-order valence-corrected chi connectivity index (χ3v) is 3.63. The summed E-state index contributed by atoms with van der Waals surface area (Å²) in [4.78, 5) is 11.0. The monoisotopic (exact) mass is 199 g/mol. The van der Waals surface area contributed by atoms with Crippen LogP contribution in [0.5, 0.6) is 0 Å². The van der Waals surface area contributed by atoms with Gasteiger partial charge in [0, 0.05) is 5.92 Å². The van der Waals surface area contributed by atoms with Crippen molar-refractivity contribution in [3.05, 3.63) is 0 Å². The first-order chi connectivity index (χ1) is 6.41. The quantitative estimate of drug-likeness (QED) is 0.501. The molecule has 2 atom stereocenters. The van der Waals surface area contributed by atoms with Crippen LogP contribution in [0.3, 0.4) is 0 Å². The van der Waals surface area contributed by atoms with E-state index in [1.54, 1.807) is 0 Å². The molecular formula is C10H17NO3. The van der Waals surface area contributed by atoms with Crippen LogP contribution in [0.25, 0.3) is 0 Å². The molecule has 1 rings (SSSR count). The van der Waals surface area contributed by atoms with Crippen LogP contribution in [0, 0.1) is 17.3 Å². The molecule has 1 aliphatic rings. The first-order valence-corrected chi connectivity index (χ1v) is 4.85. The van der Waals surface area contributed by atoms with Crippen molar-refractivity contribution in [1.29, 1.82) is 0 Å². The maximum atomic E-state index is 11.0. The van der Waals surface area contributed by atoms with Gasteiger partial charge in [-0.05, 0) is 18.3 Å². The molecule has 0 aromatic carbocycles. The van der Waals surface area contributed by atoms with Crippen LogP contribution < -0.4 is 0 Å². The Hall–Kier alpha value is -1.06. The van der Waals surface area contributed by atoms with Crippen molar-refractivity contribution in [1.82, 2.24) is 0 Å². The van der Waals surface area contributed by atoms with Crippen LogP contribution in [0.4, 0.5) is 0 Å². The molecule has 80 valence electrons. The number of hydrogen-bond acceptors (Lipinski definition) is 3. The molecule has 0 amide bonds. The van der Waals surface area contributed by atoms with E-state index in [0.717, 1.165) is 0 Å². The molecule has 1 aliphatic carbocycles. The molecule has 4 heteroatoms. The van der Waals surface area contributed by atoms with Crippen molar-refractivity contribution in [2.45, 2.75) is 33.6 Å². The van der Waals surface area contributed by atoms with Crippen LogP contribution in [-0.2, 0) is 4.79 Å². The second-order valence-electron chi connectivity index (χ2n) is 4.56. The summed E-state index contributed by atoms with van der Waals surface area (Å²) in [6, 6.07) is 0. The number of rotatable bonds is 1. The van der Waals surface area contributed by atoms with Crippen LogP contribution in [0.15, 0.2) is 5.16 Å². The fraction of sp³-hybridized carbons (Fsp3) is 0.800. The van der Waals surface area contributed by atoms with Gasteiger partial charge in [-0.25, -0.2) is 0 Å². The number of carbonyl (C=O) groups is 1. The molecule has 1 saturated carbocycles. The summed E-state index contributed by atoms with van der Waals surface area (Å²) in [6.45, 7) is 5.76. The summed E-state index contributed by atoms with van der Waals surface area (Å²) in [7, 11) is 0. The van der Waals surface area contributed by atoms with Gasteiger partial charge in [-0.2, -0.15) is 0 Å². The standard InChI is InChI=1S/C10H17NO3/c1-6-8(11-14)5-4-7(9(12)13)10(6,2)3/h6-7,14H,4-5H2,1-3H3,(H,12,13)/b11-8+/t6-,7+/m1/s1. The van der Waals surface area contributed by atoms with Gasteiger partial charge in [0.05, 0.1) is 11.6 Å². The summed E-state index contributed by atoms with van der Waals surface area (Å²) in [5.74, 6) is -1.08. The fourth-order valence-electron chi connectivity index (χ4n) is 2.19. The Kier molecular flexibility index (Phi) is 2.83. The number of carboxylic acids is 1. The highest BCUT2D eigenvalue weighted by atomic mass is 16.4. The topological polar surface area (TPSA) is 69.9 Å². The lowest BCUT2D eigenvalue weighted by molar-refractivity contribution is -0.147. The third-order valence-electron chi connectivity index (χ3n) is 3.63. The van der Waals surface area contributed by atoms with Crippen LogP contribution in [0.1, 0.15) is 33.6 Å². The summed E-state index contributed by atoms with van der Waals surface area (Å²) in [5.41, 5.74) is 0.374. The molecule has 2 N–H and O–H groups in total. The lowest BCUT2D eigenvalue weighted by atomic mass is 9.62. The second kappa shape index (κ2) is 3.59. The van der Waals surface area contributed by atoms with E-state index in [1.807, 2.05) is 20.8 Å². The zero-order chi connectivity index (χ0) is 10.9. The van der Waals surface area contributed by atoms with Gasteiger partial charge in [0.2, 0.25) is 0 Å². The van der Waals surface area contributed by atoms with Crippen molar-refractivity contribution in [2.75, 3.05) is 0 Å². The van der Waals surface area contributed by atoms with Gasteiger partial charge in [-0.1, -0.05) is 25.9 Å². The SMILES string of the molecule is C[C@@H]1/C(=N/O)CC[C@@H](C(=O)O)C1(C)C. The third kappa shape index (κ3) is 1.61. The molecule has 0 radical (unpaired) electrons. The molecule has 1 fully saturated rings. The predicted octanol–water partition coefficient (Wildman–Crippen LogP) is 1.97. The summed E-state index contributed by atoms with van der Waals surface area (Å²) in [6.07, 6.45) is 1.14. The molecular weight excluding hydrogens is 182 g/mol. The summed E-state index contributed by atoms with van der Waals surface area (Å²) < 4.78 is 0. The minimum Gasteiger partial charge on any atom is -0.481 e. The maximum absolute atomic E-state index is 11.0. The molecule has 0 bridgehead atoms. The van der Waals surface area contributed by atoms with Gasteiger partial charge >= 0.3 is 5.97 Å². The van der Waals surface area contributed by atoms with Crippen molar-refractivity contribution in [3.63, 3.8) is 0 Å². The van der Waals surface area contributed by atoms with Crippen molar-refractivity contribution in [2.24, 2.45) is 22.4 Å². The molecule has 4 nitrogen and oxygen atoms in total. The Bertz CT molecular complexity index is 271. The van der Waals surface area contributed by atoms with Gasteiger partial charge in [-0.3, -0.25) is 4.79 Å². The van der Waals surface area contributed by atoms with Gasteiger partial charge in [0.1, 0.15) is 0 Å². The zero-order valence-electron chi connectivity index (χ0n) is 8.82. The number of aliphatic carboxylic acids is 1. The summed E-state index contributed by atoms with van der Waals surface area (Å²) in [5, 5.41) is 21.0. The first kappa shape index (κ1) is 11.0. The number of hydrogen-bond donors (Lipinski definition) is 2. The van der Waals surface area contributed by atoms with E-state index in [0.29, 0.717) is 18.6 Å². The van der Waals surface area contributed by atoms with Crippen molar-refractivity contribution < 1.29 is 15.1 Å². The molecule has 0 aliphatic heterocycles. The molecule has 0 heterocycles. The van der Waals surface area contributed by atoms with Crippen molar-refractivity contribution >= 4 is 11.7 Å². The Morgan fingerprint density at radius 2 is 2.14 bits per heavy atom. The average Bonchev–Trinajstić information content (AvgIpc) is 2.08. The van der Waals surface area contributed by atoms with Gasteiger partial charge < -0.3 is 10.3 Å². The Morgan fingerprint density at radius 1 is 1.57 bits per heavy atom. The number of oxime groups is 1. The van der Waals surface area contributed by atoms with E-state index in [4.69, 9.17) is 10.3 Å². The van der Waals surface area contributed by atoms with E-state index < -0.39 is 5.97 Å². The fourth-order valence-corrected chi connectivity index (χ4v) is 2.19. The van der Waals surface area contributed by atoms with Gasteiger partial charge in [-0.15, -0.1) is 0 Å². The van der Waals surface area contributed by atoms with Crippen LogP contribution in [-0.4, -0.2) is 22.0 Å². The number of nitrogens with zero attached hydrogens (tertiary/aromatic N) is 1. The molecule has 0 spiro atoms. The normalized spacial score (nSPS) is 34.4. The van der Waals surface area contributed by atoms with Gasteiger partial charge in [0.15, 0.2) is 0 Å². The highest BCUT2D eigenvalue weighted by molar-refractivity contribution is 5.89. The molecule has 0 unspecified atom stereocenters. The van der Waals surface area contributed by atoms with E-state index in [2.05, 4.69) is 5.16 Å². The van der Waals surface area contributed by atoms with E-state index in [9.17, 15) is 4.79 Å². The minimum absolute atomic E-state index is 0.0161. The Morgan fingerprint density at radius 3 is 2.57 bits per heavy atom. The van der Waals surface area contributed by atoms with Crippen LogP contribution in [0.2, 0.25) is 0 Å².